The van der Waals surface area contributed by atoms with Crippen molar-refractivity contribution in [2.75, 3.05) is 0 Å². The van der Waals surface area contributed by atoms with Crippen molar-refractivity contribution in [3.8, 4) is 0 Å². The number of hydrogen-bond donors (Lipinski definition) is 1. The van der Waals surface area contributed by atoms with Crippen LogP contribution < -0.4 is 5.56 Å². The van der Waals surface area contributed by atoms with Gasteiger partial charge in [-0.3, -0.25) is 4.79 Å². The third-order valence-electron chi connectivity index (χ3n) is 4.42. The molecule has 132 valence electrons. The number of aromatic nitrogens is 1. The van der Waals surface area contributed by atoms with Gasteiger partial charge in [0.2, 0.25) is 0 Å². The van der Waals surface area contributed by atoms with Crippen molar-refractivity contribution < 1.29 is 0 Å². The number of aromatic amines is 1. The number of pyridine rings is 1. The van der Waals surface area contributed by atoms with Crippen molar-refractivity contribution >= 4 is 21.7 Å². The predicted molar refractivity (Wildman–Crippen MR) is 108 cm³/mol. The molecule has 1 N–H and O–H groups in total. The largest absolute Gasteiger partial charge is 0.321 e. The average Bonchev–Trinajstić information content (AvgIpc) is 2.45. The molecule has 2 aromatic carbocycles. The first-order valence-corrected chi connectivity index (χ1v) is 9.09. The van der Waals surface area contributed by atoms with E-state index in [0.29, 0.717) is 0 Å². The van der Waals surface area contributed by atoms with Crippen LogP contribution in [0.1, 0.15) is 52.7 Å². The van der Waals surface area contributed by atoms with Crippen LogP contribution in [0.5, 0.6) is 0 Å². The molecule has 25 heavy (non-hydrogen) atoms. The van der Waals surface area contributed by atoms with Crippen LogP contribution >= 0.6 is 0 Å². The molecule has 3 rings (SSSR count). The molecule has 0 atom stereocenters. The summed E-state index contributed by atoms with van der Waals surface area (Å²) in [5, 5.41) is 2.98. The maximum absolute atomic E-state index is 12.6. The summed E-state index contributed by atoms with van der Waals surface area (Å²) in [4.78, 5) is 15.6. The van der Waals surface area contributed by atoms with E-state index in [9.17, 15) is 4.79 Å². The fourth-order valence-corrected chi connectivity index (χ4v) is 3.57. The van der Waals surface area contributed by atoms with E-state index < -0.39 is 0 Å². The van der Waals surface area contributed by atoms with Crippen LogP contribution in [0.3, 0.4) is 0 Å². The number of fused-ring (bicyclic) bond motifs is 3. The smallest absolute Gasteiger partial charge is 0.256 e. The predicted octanol–water partition coefficient (Wildman–Crippen LogP) is 5.86. The van der Waals surface area contributed by atoms with Gasteiger partial charge in [-0.2, -0.15) is 0 Å². The van der Waals surface area contributed by atoms with Crippen LogP contribution in [0.25, 0.3) is 21.7 Å². The normalized spacial score (nSPS) is 12.9. The topological polar surface area (TPSA) is 32.9 Å². The number of H-pyrrole nitrogens is 1. The molecule has 1 heterocycles. The van der Waals surface area contributed by atoms with Crippen LogP contribution in [-0.2, 0) is 12.8 Å². The molecule has 0 spiro atoms. The number of nitrogens with one attached hydrogen (secondary N) is 1. The lowest BCUT2D eigenvalue weighted by Gasteiger charge is -2.19. The number of rotatable bonds is 2. The first-order chi connectivity index (χ1) is 11.5. The molecule has 0 aliphatic heterocycles. The highest BCUT2D eigenvalue weighted by Crippen LogP contribution is 2.28. The van der Waals surface area contributed by atoms with Gasteiger partial charge < -0.3 is 4.98 Å². The second-order valence-corrected chi connectivity index (χ2v) is 9.69. The minimum Gasteiger partial charge on any atom is -0.321 e. The average molecular weight is 335 g/mol. The Labute approximate surface area is 150 Å². The highest BCUT2D eigenvalue weighted by atomic mass is 16.1. The van der Waals surface area contributed by atoms with E-state index in [4.69, 9.17) is 0 Å². The molecule has 0 aliphatic rings. The maximum atomic E-state index is 12.6. The van der Waals surface area contributed by atoms with Gasteiger partial charge >= 0.3 is 0 Å². The zero-order chi connectivity index (χ0) is 18.4. The quantitative estimate of drug-likeness (QED) is 0.585. The van der Waals surface area contributed by atoms with Crippen LogP contribution in [0.4, 0.5) is 0 Å². The van der Waals surface area contributed by atoms with Gasteiger partial charge in [-0.25, -0.2) is 0 Å². The van der Waals surface area contributed by atoms with Gasteiger partial charge in [0.1, 0.15) is 0 Å². The van der Waals surface area contributed by atoms with Crippen molar-refractivity contribution in [1.29, 1.82) is 0 Å². The lowest BCUT2D eigenvalue weighted by molar-refractivity contribution is 0.411. The Morgan fingerprint density at radius 1 is 0.720 bits per heavy atom. The molecule has 2 nitrogen and oxygen atoms in total. The Bertz CT molecular complexity index is 981. The minimum atomic E-state index is 0.00169. The monoisotopic (exact) mass is 335 g/mol. The van der Waals surface area contributed by atoms with Crippen LogP contribution in [-0.4, -0.2) is 4.98 Å². The van der Waals surface area contributed by atoms with Gasteiger partial charge in [-0.1, -0.05) is 59.7 Å². The van der Waals surface area contributed by atoms with E-state index in [1.165, 1.54) is 11.1 Å². The summed E-state index contributed by atoms with van der Waals surface area (Å²) in [6.07, 6.45) is 1.98. The lowest BCUT2D eigenvalue weighted by Crippen LogP contribution is -2.11. The van der Waals surface area contributed by atoms with Gasteiger partial charge in [-0.15, -0.1) is 0 Å². The molecule has 0 fully saturated rings. The molecule has 0 bridgehead atoms. The molecular formula is C23H29NO. The number of benzene rings is 2. The van der Waals surface area contributed by atoms with E-state index in [-0.39, 0.29) is 16.4 Å². The Morgan fingerprint density at radius 3 is 1.80 bits per heavy atom. The molecule has 0 unspecified atom stereocenters. The molecule has 0 amide bonds. The summed E-state index contributed by atoms with van der Waals surface area (Å²) in [5.74, 6) is 0. The summed E-state index contributed by atoms with van der Waals surface area (Å²) in [6, 6.07) is 12.8. The first kappa shape index (κ1) is 17.7. The molecule has 0 saturated carbocycles. The summed E-state index contributed by atoms with van der Waals surface area (Å²) in [5.41, 5.74) is 3.89. The van der Waals surface area contributed by atoms with E-state index in [2.05, 4.69) is 76.9 Å². The molecule has 0 saturated heterocycles. The summed E-state index contributed by atoms with van der Waals surface area (Å²) in [7, 11) is 0. The van der Waals surface area contributed by atoms with Gasteiger partial charge in [0, 0.05) is 16.3 Å². The van der Waals surface area contributed by atoms with Crippen molar-refractivity contribution in [2.45, 2.75) is 54.4 Å². The Morgan fingerprint density at radius 2 is 1.24 bits per heavy atom. The molecule has 2 heteroatoms. The molecule has 0 aliphatic carbocycles. The van der Waals surface area contributed by atoms with Crippen molar-refractivity contribution in [3.05, 3.63) is 57.9 Å². The Balaban J connectivity index is 2.18. The molecule has 0 radical (unpaired) electrons. The SMILES string of the molecule is CC(C)(C)Cc1ccc2c(c1)c(=O)[nH]c1ccc(CC(C)(C)C)cc12. The summed E-state index contributed by atoms with van der Waals surface area (Å²) < 4.78 is 0. The first-order valence-electron chi connectivity index (χ1n) is 9.09. The fraction of sp³-hybridized carbons (Fsp3) is 0.435. The standard InChI is InChI=1S/C23H29NO/c1-22(2,3)13-15-7-9-17-18-11-16(14-23(4,5)6)8-10-20(18)24-21(25)19(17)12-15/h7-12H,13-14H2,1-6H3,(H,24,25). The Kier molecular flexibility index (Phi) is 4.26. The highest BCUT2D eigenvalue weighted by Gasteiger charge is 2.15. The van der Waals surface area contributed by atoms with Gasteiger partial charge in [0.05, 0.1) is 0 Å². The van der Waals surface area contributed by atoms with Gasteiger partial charge in [0.15, 0.2) is 0 Å². The Hall–Kier alpha value is -2.09. The van der Waals surface area contributed by atoms with Gasteiger partial charge in [-0.05, 0) is 58.4 Å². The zero-order valence-electron chi connectivity index (χ0n) is 16.3. The second-order valence-electron chi connectivity index (χ2n) is 9.69. The zero-order valence-corrected chi connectivity index (χ0v) is 16.3. The van der Waals surface area contributed by atoms with E-state index in [1.54, 1.807) is 0 Å². The summed E-state index contributed by atoms with van der Waals surface area (Å²) in [6.45, 7) is 13.4. The van der Waals surface area contributed by atoms with E-state index in [0.717, 1.165) is 34.5 Å². The molecule has 3 aromatic rings. The third-order valence-corrected chi connectivity index (χ3v) is 4.42. The van der Waals surface area contributed by atoms with Crippen LogP contribution in [0.15, 0.2) is 41.2 Å². The highest BCUT2D eigenvalue weighted by molar-refractivity contribution is 6.05. The van der Waals surface area contributed by atoms with E-state index >= 15 is 0 Å². The minimum absolute atomic E-state index is 0.00169. The molecule has 1 aromatic heterocycles. The van der Waals surface area contributed by atoms with Crippen molar-refractivity contribution in [2.24, 2.45) is 10.8 Å². The molecular weight excluding hydrogens is 306 g/mol. The van der Waals surface area contributed by atoms with Crippen LogP contribution in [0.2, 0.25) is 0 Å². The van der Waals surface area contributed by atoms with Crippen LogP contribution in [0, 0.1) is 10.8 Å². The maximum Gasteiger partial charge on any atom is 0.256 e. The number of hydrogen-bond acceptors (Lipinski definition) is 1. The van der Waals surface area contributed by atoms with E-state index in [1.807, 2.05) is 6.07 Å². The lowest BCUT2D eigenvalue weighted by atomic mass is 9.86. The fourth-order valence-electron chi connectivity index (χ4n) is 3.57. The second kappa shape index (κ2) is 6.01. The van der Waals surface area contributed by atoms with Crippen molar-refractivity contribution in [1.82, 2.24) is 4.98 Å². The van der Waals surface area contributed by atoms with Crippen molar-refractivity contribution in [3.63, 3.8) is 0 Å². The third kappa shape index (κ3) is 4.12. The van der Waals surface area contributed by atoms with Gasteiger partial charge in [0.25, 0.3) is 5.56 Å². The summed E-state index contributed by atoms with van der Waals surface area (Å²) >= 11 is 0.